The van der Waals surface area contributed by atoms with Gasteiger partial charge in [-0.15, -0.1) is 0 Å². The predicted molar refractivity (Wildman–Crippen MR) is 75.8 cm³/mol. The molecule has 6 heteroatoms. The number of aryl methyl sites for hydroxylation is 1. The van der Waals surface area contributed by atoms with Gasteiger partial charge in [-0.1, -0.05) is 6.07 Å². The maximum atomic E-state index is 13.0. The zero-order valence-corrected chi connectivity index (χ0v) is 12.0. The van der Waals surface area contributed by atoms with Gasteiger partial charge in [0.1, 0.15) is 5.82 Å². The molecule has 2 rings (SSSR count). The summed E-state index contributed by atoms with van der Waals surface area (Å²) in [6.07, 6.45) is 2.58. The Morgan fingerprint density at radius 2 is 2.00 bits per heavy atom. The Labute approximate surface area is 117 Å². The first kappa shape index (κ1) is 14.5. The molecule has 0 spiro atoms. The Morgan fingerprint density at radius 1 is 1.25 bits per heavy atom. The van der Waals surface area contributed by atoms with E-state index in [2.05, 4.69) is 10.3 Å². The summed E-state index contributed by atoms with van der Waals surface area (Å²) in [4.78, 5) is 3.89. The first-order chi connectivity index (χ1) is 9.36. The standard InChI is InChI=1S/C14H15FN2O2S/c1-10-7-12(15)4-3-11(10)8-16-13-5-6-14(17-9-13)20(2,18)19/h3-7,9,16H,8H2,1-2H3. The lowest BCUT2D eigenvalue weighted by Gasteiger charge is -2.09. The fourth-order valence-corrected chi connectivity index (χ4v) is 2.32. The third-order valence-electron chi connectivity index (χ3n) is 2.90. The van der Waals surface area contributed by atoms with E-state index in [4.69, 9.17) is 0 Å². The van der Waals surface area contributed by atoms with E-state index in [0.29, 0.717) is 12.2 Å². The van der Waals surface area contributed by atoms with E-state index in [1.54, 1.807) is 12.1 Å². The summed E-state index contributed by atoms with van der Waals surface area (Å²) < 4.78 is 35.5. The van der Waals surface area contributed by atoms with E-state index in [1.165, 1.54) is 24.4 Å². The van der Waals surface area contributed by atoms with Crippen molar-refractivity contribution in [3.63, 3.8) is 0 Å². The van der Waals surface area contributed by atoms with E-state index in [0.717, 1.165) is 17.4 Å². The van der Waals surface area contributed by atoms with Crippen LogP contribution in [0.2, 0.25) is 0 Å². The van der Waals surface area contributed by atoms with Gasteiger partial charge in [0.25, 0.3) is 0 Å². The van der Waals surface area contributed by atoms with Gasteiger partial charge in [-0.25, -0.2) is 17.8 Å². The molecule has 4 nitrogen and oxygen atoms in total. The van der Waals surface area contributed by atoms with E-state index < -0.39 is 9.84 Å². The van der Waals surface area contributed by atoms with Crippen LogP contribution in [-0.4, -0.2) is 19.7 Å². The van der Waals surface area contributed by atoms with Gasteiger partial charge in [-0.05, 0) is 42.3 Å². The highest BCUT2D eigenvalue weighted by Crippen LogP contribution is 2.14. The van der Waals surface area contributed by atoms with Crippen LogP contribution in [0.15, 0.2) is 41.6 Å². The number of benzene rings is 1. The molecule has 0 aliphatic carbocycles. The number of hydrogen-bond acceptors (Lipinski definition) is 4. The van der Waals surface area contributed by atoms with Gasteiger partial charge in [-0.2, -0.15) is 0 Å². The van der Waals surface area contributed by atoms with Crippen LogP contribution in [0.3, 0.4) is 0 Å². The van der Waals surface area contributed by atoms with Gasteiger partial charge in [0.2, 0.25) is 0 Å². The van der Waals surface area contributed by atoms with Crippen LogP contribution in [0.5, 0.6) is 0 Å². The highest BCUT2D eigenvalue weighted by Gasteiger charge is 2.08. The normalized spacial score (nSPS) is 11.3. The lowest BCUT2D eigenvalue weighted by molar-refractivity contribution is 0.598. The number of halogens is 1. The number of rotatable bonds is 4. The molecule has 0 unspecified atom stereocenters. The van der Waals surface area contributed by atoms with E-state index in [-0.39, 0.29) is 10.8 Å². The molecule has 2 aromatic rings. The van der Waals surface area contributed by atoms with Gasteiger partial charge >= 0.3 is 0 Å². The lowest BCUT2D eigenvalue weighted by Crippen LogP contribution is -2.04. The Hall–Kier alpha value is -1.95. The quantitative estimate of drug-likeness (QED) is 0.941. The Kier molecular flexibility index (Phi) is 4.04. The van der Waals surface area contributed by atoms with Crippen LogP contribution in [0.1, 0.15) is 11.1 Å². The number of hydrogen-bond donors (Lipinski definition) is 1. The van der Waals surface area contributed by atoms with Crippen LogP contribution >= 0.6 is 0 Å². The molecule has 0 saturated carbocycles. The summed E-state index contributed by atoms with van der Waals surface area (Å²) in [5, 5.41) is 3.16. The summed E-state index contributed by atoms with van der Waals surface area (Å²) in [5.41, 5.74) is 2.54. The monoisotopic (exact) mass is 294 g/mol. The SMILES string of the molecule is Cc1cc(F)ccc1CNc1ccc(S(C)(=O)=O)nc1. The molecule has 0 bridgehead atoms. The molecule has 0 aliphatic rings. The summed E-state index contributed by atoms with van der Waals surface area (Å²) in [5.74, 6) is -0.259. The summed E-state index contributed by atoms with van der Waals surface area (Å²) in [6, 6.07) is 7.71. The number of sulfone groups is 1. The zero-order valence-electron chi connectivity index (χ0n) is 11.2. The first-order valence-electron chi connectivity index (χ1n) is 6.01. The van der Waals surface area contributed by atoms with Crippen molar-refractivity contribution in [1.82, 2.24) is 4.98 Å². The van der Waals surface area contributed by atoms with Crippen LogP contribution in [0.25, 0.3) is 0 Å². The number of aromatic nitrogens is 1. The van der Waals surface area contributed by atoms with Gasteiger partial charge in [0, 0.05) is 12.8 Å². The maximum Gasteiger partial charge on any atom is 0.192 e. The number of anilines is 1. The van der Waals surface area contributed by atoms with Crippen molar-refractivity contribution in [1.29, 1.82) is 0 Å². The van der Waals surface area contributed by atoms with Crippen molar-refractivity contribution in [2.24, 2.45) is 0 Å². The number of nitrogens with one attached hydrogen (secondary N) is 1. The molecular weight excluding hydrogens is 279 g/mol. The van der Waals surface area contributed by atoms with E-state index >= 15 is 0 Å². The molecule has 0 amide bonds. The van der Waals surface area contributed by atoms with Crippen molar-refractivity contribution in [3.05, 3.63) is 53.5 Å². The Morgan fingerprint density at radius 3 is 2.55 bits per heavy atom. The molecule has 1 heterocycles. The van der Waals surface area contributed by atoms with Gasteiger partial charge < -0.3 is 5.32 Å². The summed E-state index contributed by atoms with van der Waals surface area (Å²) >= 11 is 0. The van der Waals surface area contributed by atoms with Crippen LogP contribution < -0.4 is 5.32 Å². The largest absolute Gasteiger partial charge is 0.380 e. The highest BCUT2D eigenvalue weighted by atomic mass is 32.2. The second kappa shape index (κ2) is 5.58. The first-order valence-corrected chi connectivity index (χ1v) is 7.90. The molecule has 1 aromatic heterocycles. The maximum absolute atomic E-state index is 13.0. The molecule has 1 aromatic carbocycles. The molecule has 0 saturated heterocycles. The van der Waals surface area contributed by atoms with Crippen LogP contribution in [-0.2, 0) is 16.4 Å². The predicted octanol–water partition coefficient (Wildman–Crippen LogP) is 2.54. The smallest absolute Gasteiger partial charge is 0.192 e. The minimum absolute atomic E-state index is 0.0426. The molecule has 0 aliphatic heterocycles. The highest BCUT2D eigenvalue weighted by molar-refractivity contribution is 7.90. The second-order valence-corrected chi connectivity index (χ2v) is 6.54. The minimum atomic E-state index is -3.28. The molecule has 0 radical (unpaired) electrons. The van der Waals surface area contributed by atoms with Crippen molar-refractivity contribution in [2.45, 2.75) is 18.5 Å². The summed E-state index contributed by atoms with van der Waals surface area (Å²) in [6.45, 7) is 2.36. The van der Waals surface area contributed by atoms with Crippen molar-refractivity contribution in [3.8, 4) is 0 Å². The van der Waals surface area contributed by atoms with Crippen LogP contribution in [0.4, 0.5) is 10.1 Å². The molecule has 0 fully saturated rings. The summed E-state index contributed by atoms with van der Waals surface area (Å²) in [7, 11) is -3.28. The second-order valence-electron chi connectivity index (χ2n) is 4.58. The van der Waals surface area contributed by atoms with E-state index in [1.807, 2.05) is 6.92 Å². The van der Waals surface area contributed by atoms with Gasteiger partial charge in [0.05, 0.1) is 11.9 Å². The van der Waals surface area contributed by atoms with E-state index in [9.17, 15) is 12.8 Å². The molecule has 1 N–H and O–H groups in total. The average Bonchev–Trinajstić information content (AvgIpc) is 2.37. The zero-order chi connectivity index (χ0) is 14.8. The Balaban J connectivity index is 2.08. The molecule has 0 atom stereocenters. The van der Waals surface area contributed by atoms with Gasteiger partial charge in [-0.3, -0.25) is 0 Å². The van der Waals surface area contributed by atoms with Crippen LogP contribution in [0, 0.1) is 12.7 Å². The lowest BCUT2D eigenvalue weighted by atomic mass is 10.1. The fraction of sp³-hybridized carbons (Fsp3) is 0.214. The minimum Gasteiger partial charge on any atom is -0.380 e. The Bertz CT molecular complexity index is 712. The third-order valence-corrected chi connectivity index (χ3v) is 3.91. The topological polar surface area (TPSA) is 59.1 Å². The fourth-order valence-electron chi connectivity index (χ4n) is 1.76. The third kappa shape index (κ3) is 3.54. The number of nitrogens with zero attached hydrogens (tertiary/aromatic N) is 1. The van der Waals surface area contributed by atoms with Gasteiger partial charge in [0.15, 0.2) is 14.9 Å². The van der Waals surface area contributed by atoms with Crippen molar-refractivity contribution >= 4 is 15.5 Å². The number of pyridine rings is 1. The molecular formula is C14H15FN2O2S. The molecule has 20 heavy (non-hydrogen) atoms. The molecule has 106 valence electrons. The van der Waals surface area contributed by atoms with Crippen molar-refractivity contribution in [2.75, 3.05) is 11.6 Å². The van der Waals surface area contributed by atoms with Crippen molar-refractivity contribution < 1.29 is 12.8 Å². The average molecular weight is 294 g/mol.